The lowest BCUT2D eigenvalue weighted by molar-refractivity contribution is -0.0924. The molecule has 0 bridgehead atoms. The molecule has 19 heavy (non-hydrogen) atoms. The molecule has 2 aromatic carbocycles. The van der Waals surface area contributed by atoms with Crippen molar-refractivity contribution < 1.29 is 19.2 Å². The zero-order valence-corrected chi connectivity index (χ0v) is 10.6. The van der Waals surface area contributed by atoms with Gasteiger partial charge in [-0.05, 0) is 17.7 Å². The fraction of sp³-hybridized carbons (Fsp3) is 0.0714. The lowest BCUT2D eigenvalue weighted by atomic mass is 9.99. The Balaban J connectivity index is 2.29. The highest BCUT2D eigenvalue weighted by Crippen LogP contribution is 2.25. The molecule has 0 aromatic heterocycles. The Morgan fingerprint density at radius 3 is 2.37 bits per heavy atom. The van der Waals surface area contributed by atoms with Crippen LogP contribution in [0.1, 0.15) is 22.0 Å². The SMILES string of the molecule is O=C(c1ccccc1OOCl)C(O)c1ccccc1. The highest BCUT2D eigenvalue weighted by atomic mass is 35.5. The molecule has 0 aliphatic carbocycles. The second kappa shape index (κ2) is 6.33. The number of halogens is 1. The van der Waals surface area contributed by atoms with E-state index in [-0.39, 0.29) is 11.3 Å². The van der Waals surface area contributed by atoms with Crippen molar-refractivity contribution in [1.29, 1.82) is 0 Å². The number of benzene rings is 2. The Hall–Kier alpha value is -1.88. The number of hydrogen-bond acceptors (Lipinski definition) is 4. The van der Waals surface area contributed by atoms with E-state index >= 15 is 0 Å². The van der Waals surface area contributed by atoms with Crippen molar-refractivity contribution >= 4 is 17.6 Å². The first kappa shape index (κ1) is 13.5. The van der Waals surface area contributed by atoms with Crippen LogP contribution in [0.5, 0.6) is 5.75 Å². The Bertz CT molecular complexity index is 556. The zero-order valence-electron chi connectivity index (χ0n) is 9.82. The molecule has 4 nitrogen and oxygen atoms in total. The van der Waals surface area contributed by atoms with Gasteiger partial charge in [0.15, 0.2) is 11.5 Å². The first-order valence-corrected chi connectivity index (χ1v) is 5.86. The standard InChI is InChI=1S/C14H11ClO4/c15-19-18-12-9-5-4-8-11(12)14(17)13(16)10-6-2-1-3-7-10/h1-9,13,16H. The largest absolute Gasteiger partial charge is 0.380 e. The summed E-state index contributed by atoms with van der Waals surface area (Å²) in [6.45, 7) is 0. The monoisotopic (exact) mass is 278 g/mol. The molecule has 98 valence electrons. The summed E-state index contributed by atoms with van der Waals surface area (Å²) in [5.41, 5.74) is 0.702. The summed E-state index contributed by atoms with van der Waals surface area (Å²) in [5.74, 6) is -0.340. The highest BCUT2D eigenvalue weighted by molar-refractivity contribution is 6.07. The van der Waals surface area contributed by atoms with Crippen LogP contribution in [0.3, 0.4) is 0 Å². The van der Waals surface area contributed by atoms with Gasteiger partial charge in [0.1, 0.15) is 18.0 Å². The van der Waals surface area contributed by atoms with Crippen LogP contribution in [-0.4, -0.2) is 10.9 Å². The van der Waals surface area contributed by atoms with Gasteiger partial charge in [0.25, 0.3) is 0 Å². The first-order valence-electron chi connectivity index (χ1n) is 5.55. The molecule has 0 aliphatic heterocycles. The van der Waals surface area contributed by atoms with E-state index in [0.717, 1.165) is 0 Å². The molecule has 0 aliphatic rings. The molecule has 0 fully saturated rings. The molecule has 5 heteroatoms. The fourth-order valence-corrected chi connectivity index (χ4v) is 1.78. The van der Waals surface area contributed by atoms with Gasteiger partial charge in [-0.25, -0.2) is 0 Å². The molecule has 0 heterocycles. The summed E-state index contributed by atoms with van der Waals surface area (Å²) in [5, 5.41) is 10.1. The minimum atomic E-state index is -1.26. The van der Waals surface area contributed by atoms with Crippen molar-refractivity contribution in [2.24, 2.45) is 0 Å². The number of aliphatic hydroxyl groups is 1. The van der Waals surface area contributed by atoms with Crippen LogP contribution < -0.4 is 4.89 Å². The maximum absolute atomic E-state index is 12.2. The minimum Gasteiger partial charge on any atom is -0.380 e. The van der Waals surface area contributed by atoms with Crippen LogP contribution in [0.4, 0.5) is 0 Å². The average molecular weight is 279 g/mol. The lowest BCUT2D eigenvalue weighted by Gasteiger charge is -2.11. The Labute approximate surface area is 115 Å². The van der Waals surface area contributed by atoms with Crippen molar-refractivity contribution in [3.8, 4) is 5.75 Å². The van der Waals surface area contributed by atoms with E-state index < -0.39 is 11.9 Å². The van der Waals surface area contributed by atoms with Crippen LogP contribution in [0.2, 0.25) is 0 Å². The number of ketones is 1. The molecule has 1 atom stereocenters. The third-order valence-electron chi connectivity index (χ3n) is 2.64. The minimum absolute atomic E-state index is 0.150. The summed E-state index contributed by atoms with van der Waals surface area (Å²) in [6.07, 6.45) is -1.26. The Morgan fingerprint density at radius 2 is 1.68 bits per heavy atom. The number of carbonyl (C=O) groups is 1. The topological polar surface area (TPSA) is 55.8 Å². The van der Waals surface area contributed by atoms with Crippen molar-refractivity contribution in [1.82, 2.24) is 0 Å². The third kappa shape index (κ3) is 3.12. The van der Waals surface area contributed by atoms with E-state index in [1.54, 1.807) is 42.5 Å². The van der Waals surface area contributed by atoms with E-state index in [1.807, 2.05) is 0 Å². The quantitative estimate of drug-likeness (QED) is 0.519. The number of para-hydroxylation sites is 1. The van der Waals surface area contributed by atoms with E-state index in [9.17, 15) is 9.90 Å². The molecule has 0 amide bonds. The highest BCUT2D eigenvalue weighted by Gasteiger charge is 2.22. The van der Waals surface area contributed by atoms with Gasteiger partial charge in [0, 0.05) is 0 Å². The lowest BCUT2D eigenvalue weighted by Crippen LogP contribution is -2.13. The van der Waals surface area contributed by atoms with Gasteiger partial charge in [-0.1, -0.05) is 46.9 Å². The predicted octanol–water partition coefficient (Wildman–Crippen LogP) is 3.07. The summed E-state index contributed by atoms with van der Waals surface area (Å²) >= 11 is 5.01. The van der Waals surface area contributed by atoms with Crippen LogP contribution in [-0.2, 0) is 4.44 Å². The smallest absolute Gasteiger partial charge is 0.199 e. The number of aliphatic hydroxyl groups excluding tert-OH is 1. The molecule has 1 unspecified atom stereocenters. The number of rotatable bonds is 5. The van der Waals surface area contributed by atoms with Crippen LogP contribution in [0.15, 0.2) is 54.6 Å². The maximum Gasteiger partial charge on any atom is 0.199 e. The van der Waals surface area contributed by atoms with Gasteiger partial charge in [0.2, 0.25) is 0 Å². The van der Waals surface area contributed by atoms with E-state index in [0.29, 0.717) is 5.56 Å². The molecular weight excluding hydrogens is 268 g/mol. The molecule has 0 radical (unpaired) electrons. The average Bonchev–Trinajstić information content (AvgIpc) is 2.47. The van der Waals surface area contributed by atoms with Gasteiger partial charge >= 0.3 is 0 Å². The van der Waals surface area contributed by atoms with E-state index in [1.165, 1.54) is 12.1 Å². The fourth-order valence-electron chi connectivity index (χ4n) is 1.71. The number of carbonyl (C=O) groups excluding carboxylic acids is 1. The molecule has 0 spiro atoms. The molecule has 0 saturated heterocycles. The van der Waals surface area contributed by atoms with Crippen LogP contribution >= 0.6 is 11.9 Å². The van der Waals surface area contributed by atoms with E-state index in [4.69, 9.17) is 11.9 Å². The number of Topliss-reactive ketones (excluding diaryl/α,β-unsaturated/α-hetero) is 1. The van der Waals surface area contributed by atoms with Gasteiger partial charge in [-0.2, -0.15) is 0 Å². The van der Waals surface area contributed by atoms with Gasteiger partial charge in [-0.3, -0.25) is 4.79 Å². The van der Waals surface area contributed by atoms with Crippen LogP contribution in [0, 0.1) is 0 Å². The zero-order chi connectivity index (χ0) is 13.7. The van der Waals surface area contributed by atoms with Gasteiger partial charge < -0.3 is 9.99 Å². The Morgan fingerprint density at radius 1 is 1.05 bits per heavy atom. The van der Waals surface area contributed by atoms with Crippen molar-refractivity contribution in [2.75, 3.05) is 0 Å². The molecule has 0 saturated carbocycles. The third-order valence-corrected chi connectivity index (χ3v) is 2.70. The normalized spacial score (nSPS) is 11.9. The molecule has 2 rings (SSSR count). The second-order valence-corrected chi connectivity index (χ2v) is 3.95. The molecule has 2 aromatic rings. The van der Waals surface area contributed by atoms with E-state index in [2.05, 4.69) is 9.33 Å². The Kier molecular flexibility index (Phi) is 4.52. The van der Waals surface area contributed by atoms with Crippen molar-refractivity contribution in [2.45, 2.75) is 6.10 Å². The molecule has 1 N–H and O–H groups in total. The summed E-state index contributed by atoms with van der Waals surface area (Å²) in [7, 11) is 0. The molecular formula is C14H11ClO4. The predicted molar refractivity (Wildman–Crippen MR) is 69.7 cm³/mol. The van der Waals surface area contributed by atoms with Crippen molar-refractivity contribution in [3.05, 3.63) is 65.7 Å². The first-order chi connectivity index (χ1) is 9.24. The summed E-state index contributed by atoms with van der Waals surface area (Å²) in [4.78, 5) is 16.9. The summed E-state index contributed by atoms with van der Waals surface area (Å²) in [6, 6.07) is 15.0. The number of hydrogen-bond donors (Lipinski definition) is 1. The summed E-state index contributed by atoms with van der Waals surface area (Å²) < 4.78 is 4.04. The van der Waals surface area contributed by atoms with Gasteiger partial charge in [-0.15, -0.1) is 0 Å². The van der Waals surface area contributed by atoms with Crippen LogP contribution in [0.25, 0.3) is 0 Å². The van der Waals surface area contributed by atoms with Crippen molar-refractivity contribution in [3.63, 3.8) is 0 Å². The maximum atomic E-state index is 12.2. The van der Waals surface area contributed by atoms with Gasteiger partial charge in [0.05, 0.1) is 5.56 Å². The second-order valence-electron chi connectivity index (χ2n) is 3.82.